The number of halogens is 2. The fraction of sp³-hybridized carbons (Fsp3) is 0.565. The maximum absolute atomic E-state index is 14.4. The summed E-state index contributed by atoms with van der Waals surface area (Å²) in [5, 5.41) is 0. The Morgan fingerprint density at radius 3 is 2.42 bits per heavy atom. The molecule has 142 valence electrons. The largest absolute Gasteiger partial charge is 0.491 e. The summed E-state index contributed by atoms with van der Waals surface area (Å²) in [4.78, 5) is 0. The maximum Gasteiger partial charge on any atom is 0.201 e. The second-order valence-electron chi connectivity index (χ2n) is 7.64. The molecule has 0 heterocycles. The molecule has 3 rings (SSSR count). The summed E-state index contributed by atoms with van der Waals surface area (Å²) in [5.74, 6) is 0.604. The molecule has 1 aromatic carbocycles. The molecule has 0 amide bonds. The van der Waals surface area contributed by atoms with Crippen LogP contribution in [-0.4, -0.2) is 6.61 Å². The van der Waals surface area contributed by atoms with Crippen molar-refractivity contribution in [2.45, 2.75) is 58.8 Å². The summed E-state index contributed by atoms with van der Waals surface area (Å²) in [5.41, 5.74) is 1.35. The average molecular weight is 360 g/mol. The molecule has 1 unspecified atom stereocenters. The van der Waals surface area contributed by atoms with Gasteiger partial charge in [0.1, 0.15) is 0 Å². The van der Waals surface area contributed by atoms with Crippen LogP contribution in [0.2, 0.25) is 0 Å². The second-order valence-corrected chi connectivity index (χ2v) is 7.64. The van der Waals surface area contributed by atoms with E-state index in [2.05, 4.69) is 25.2 Å². The molecule has 1 saturated carbocycles. The summed E-state index contributed by atoms with van der Waals surface area (Å²) in [6.45, 7) is 4.19. The zero-order valence-corrected chi connectivity index (χ0v) is 15.9. The normalized spacial score (nSPS) is 26.8. The number of rotatable bonds is 5. The second kappa shape index (κ2) is 8.83. The van der Waals surface area contributed by atoms with Crippen molar-refractivity contribution in [2.24, 2.45) is 17.8 Å². The van der Waals surface area contributed by atoms with Gasteiger partial charge in [-0.3, -0.25) is 0 Å². The molecule has 0 bridgehead atoms. The van der Waals surface area contributed by atoms with Crippen LogP contribution in [0.25, 0.3) is 5.57 Å². The van der Waals surface area contributed by atoms with E-state index in [-0.39, 0.29) is 5.75 Å². The SMILES string of the molecule is CC=CC1CCC(C2CC=C(c3ccc(OCC)c(F)c3F)CC2)CC1. The Hall–Kier alpha value is -1.64. The maximum atomic E-state index is 14.4. The van der Waals surface area contributed by atoms with Gasteiger partial charge in [0.2, 0.25) is 5.82 Å². The van der Waals surface area contributed by atoms with Crippen LogP contribution in [0.3, 0.4) is 0 Å². The van der Waals surface area contributed by atoms with E-state index in [4.69, 9.17) is 4.74 Å². The molecule has 0 N–H and O–H groups in total. The van der Waals surface area contributed by atoms with E-state index in [1.165, 1.54) is 25.7 Å². The lowest BCUT2D eigenvalue weighted by atomic mass is 9.71. The van der Waals surface area contributed by atoms with E-state index < -0.39 is 11.6 Å². The topological polar surface area (TPSA) is 9.23 Å². The summed E-state index contributed by atoms with van der Waals surface area (Å²) in [6, 6.07) is 3.21. The molecule has 0 aliphatic heterocycles. The number of hydrogen-bond donors (Lipinski definition) is 0. The highest BCUT2D eigenvalue weighted by molar-refractivity contribution is 5.67. The van der Waals surface area contributed by atoms with E-state index in [1.54, 1.807) is 19.1 Å². The standard InChI is InChI=1S/C23H30F2O/c1-3-5-16-6-8-17(9-7-16)18-10-12-19(13-11-18)20-14-15-21(26-4-2)23(25)22(20)24/h3,5,12,14-18H,4,6-11,13H2,1-2H3. The third-order valence-corrected chi connectivity index (χ3v) is 6.09. The van der Waals surface area contributed by atoms with Crippen molar-refractivity contribution in [3.05, 3.63) is 47.6 Å². The highest BCUT2D eigenvalue weighted by Gasteiger charge is 2.29. The summed E-state index contributed by atoms with van der Waals surface area (Å²) >= 11 is 0. The van der Waals surface area contributed by atoms with E-state index in [0.29, 0.717) is 18.1 Å². The van der Waals surface area contributed by atoms with E-state index in [1.807, 2.05) is 0 Å². The highest BCUT2D eigenvalue weighted by Crippen LogP contribution is 2.42. The van der Waals surface area contributed by atoms with Gasteiger partial charge < -0.3 is 4.74 Å². The van der Waals surface area contributed by atoms with Gasteiger partial charge in [0.25, 0.3) is 0 Å². The Kier molecular flexibility index (Phi) is 6.50. The number of hydrogen-bond acceptors (Lipinski definition) is 1. The van der Waals surface area contributed by atoms with Crippen LogP contribution in [0, 0.1) is 29.4 Å². The lowest BCUT2D eigenvalue weighted by molar-refractivity contribution is 0.212. The summed E-state index contributed by atoms with van der Waals surface area (Å²) < 4.78 is 33.7. The first-order valence-corrected chi connectivity index (χ1v) is 10.1. The van der Waals surface area contributed by atoms with Crippen molar-refractivity contribution in [2.75, 3.05) is 6.61 Å². The Labute approximate surface area is 156 Å². The van der Waals surface area contributed by atoms with Gasteiger partial charge in [0, 0.05) is 5.56 Å². The van der Waals surface area contributed by atoms with Gasteiger partial charge in [-0.1, -0.05) is 18.2 Å². The van der Waals surface area contributed by atoms with Crippen LogP contribution in [0.15, 0.2) is 30.4 Å². The predicted molar refractivity (Wildman–Crippen MR) is 103 cm³/mol. The molecule has 2 aliphatic carbocycles. The van der Waals surface area contributed by atoms with Crippen molar-refractivity contribution in [3.63, 3.8) is 0 Å². The smallest absolute Gasteiger partial charge is 0.201 e. The van der Waals surface area contributed by atoms with E-state index in [9.17, 15) is 8.78 Å². The molecule has 1 nitrogen and oxygen atoms in total. The van der Waals surface area contributed by atoms with Gasteiger partial charge in [0.15, 0.2) is 11.6 Å². The first kappa shape index (κ1) is 19.1. The molecule has 2 aliphatic rings. The monoisotopic (exact) mass is 360 g/mol. The Balaban J connectivity index is 1.64. The van der Waals surface area contributed by atoms with Crippen molar-refractivity contribution in [1.82, 2.24) is 0 Å². The van der Waals surface area contributed by atoms with Gasteiger partial charge in [-0.05, 0) is 94.3 Å². The molecule has 1 fully saturated rings. The van der Waals surface area contributed by atoms with Gasteiger partial charge in [-0.25, -0.2) is 4.39 Å². The number of ether oxygens (including phenoxy) is 1. The van der Waals surface area contributed by atoms with Gasteiger partial charge in [-0.15, -0.1) is 0 Å². The van der Waals surface area contributed by atoms with Crippen LogP contribution < -0.4 is 4.74 Å². The minimum Gasteiger partial charge on any atom is -0.491 e. The van der Waals surface area contributed by atoms with Gasteiger partial charge in [-0.2, -0.15) is 4.39 Å². The van der Waals surface area contributed by atoms with Crippen LogP contribution in [-0.2, 0) is 0 Å². The zero-order chi connectivity index (χ0) is 18.5. The molecular formula is C23H30F2O. The lowest BCUT2D eigenvalue weighted by Gasteiger charge is -2.35. The minimum absolute atomic E-state index is 0.000856. The summed E-state index contributed by atoms with van der Waals surface area (Å²) in [7, 11) is 0. The van der Waals surface area contributed by atoms with Crippen LogP contribution >= 0.6 is 0 Å². The number of allylic oxidation sites excluding steroid dienone is 4. The Bertz CT molecular complexity index is 669. The molecule has 26 heavy (non-hydrogen) atoms. The van der Waals surface area contributed by atoms with Crippen LogP contribution in [0.1, 0.15) is 64.4 Å². The molecule has 1 aromatic rings. The molecule has 1 atom stereocenters. The van der Waals surface area contributed by atoms with Crippen molar-refractivity contribution in [1.29, 1.82) is 0 Å². The van der Waals surface area contributed by atoms with E-state index >= 15 is 0 Å². The third kappa shape index (κ3) is 4.19. The molecular weight excluding hydrogens is 330 g/mol. The van der Waals surface area contributed by atoms with E-state index in [0.717, 1.165) is 36.7 Å². The Morgan fingerprint density at radius 1 is 1.04 bits per heavy atom. The van der Waals surface area contributed by atoms with Crippen molar-refractivity contribution >= 4 is 5.57 Å². The quantitative estimate of drug-likeness (QED) is 0.517. The van der Waals surface area contributed by atoms with Gasteiger partial charge in [0.05, 0.1) is 6.61 Å². The van der Waals surface area contributed by atoms with Crippen LogP contribution in [0.5, 0.6) is 5.75 Å². The van der Waals surface area contributed by atoms with Crippen molar-refractivity contribution < 1.29 is 13.5 Å². The molecule has 0 aromatic heterocycles. The first-order valence-electron chi connectivity index (χ1n) is 10.1. The fourth-order valence-corrected chi connectivity index (χ4v) is 4.65. The van der Waals surface area contributed by atoms with Crippen molar-refractivity contribution in [3.8, 4) is 5.75 Å². The van der Waals surface area contributed by atoms with Crippen LogP contribution in [0.4, 0.5) is 8.78 Å². The molecule has 3 heteroatoms. The third-order valence-electron chi connectivity index (χ3n) is 6.09. The molecule has 0 saturated heterocycles. The fourth-order valence-electron chi connectivity index (χ4n) is 4.65. The average Bonchev–Trinajstić information content (AvgIpc) is 2.67. The lowest BCUT2D eigenvalue weighted by Crippen LogP contribution is -2.22. The highest BCUT2D eigenvalue weighted by atomic mass is 19.2. The first-order chi connectivity index (χ1) is 12.6. The molecule has 0 spiro atoms. The predicted octanol–water partition coefficient (Wildman–Crippen LogP) is 6.93. The zero-order valence-electron chi connectivity index (χ0n) is 15.9. The minimum atomic E-state index is -0.866. The number of benzene rings is 1. The summed E-state index contributed by atoms with van der Waals surface area (Å²) in [6.07, 6.45) is 14.8. The molecule has 0 radical (unpaired) electrons. The Morgan fingerprint density at radius 2 is 1.81 bits per heavy atom. The van der Waals surface area contributed by atoms with Gasteiger partial charge >= 0.3 is 0 Å².